The molecule has 0 bridgehead atoms. The first-order valence-corrected chi connectivity index (χ1v) is 20.0. The Labute approximate surface area is 332 Å². The maximum Gasteiger partial charge on any atom is 0.137 e. The van der Waals surface area contributed by atoms with Gasteiger partial charge in [0.25, 0.3) is 0 Å². The van der Waals surface area contributed by atoms with Crippen molar-refractivity contribution in [3.8, 4) is 28.3 Å². The Kier molecular flexibility index (Phi) is 6.50. The number of hydrogen-bond donors (Lipinski definition) is 0. The Balaban J connectivity index is 0.925. The molecule has 0 saturated carbocycles. The molecule has 13 rings (SSSR count). The lowest BCUT2D eigenvalue weighted by Gasteiger charge is -2.12. The van der Waals surface area contributed by atoms with Crippen LogP contribution >= 0.6 is 0 Å². The third-order valence-electron chi connectivity index (χ3n) is 12.4. The number of aryl methyl sites for hydroxylation is 1. The topological polar surface area (TPSA) is 40.8 Å². The van der Waals surface area contributed by atoms with Crippen LogP contribution in [0.15, 0.2) is 180 Å². The Bertz CT molecular complexity index is 3630. The van der Waals surface area contributed by atoms with Crippen LogP contribution in [0.4, 0.5) is 0 Å². The van der Waals surface area contributed by atoms with Crippen molar-refractivity contribution in [2.75, 3.05) is 0 Å². The quantitative estimate of drug-likeness (QED) is 0.180. The van der Waals surface area contributed by atoms with Gasteiger partial charge in [-0.1, -0.05) is 91.0 Å². The second kappa shape index (κ2) is 11.9. The zero-order chi connectivity index (χ0) is 37.9. The molecule has 0 amide bonds. The smallest absolute Gasteiger partial charge is 0.137 e. The highest BCUT2D eigenvalue weighted by molar-refractivity contribution is 6.12. The molecule has 5 heteroatoms. The van der Waals surface area contributed by atoms with Crippen molar-refractivity contribution in [3.05, 3.63) is 187 Å². The number of aromatic nitrogens is 4. The van der Waals surface area contributed by atoms with E-state index in [0.717, 1.165) is 79.6 Å². The molecule has 0 N–H and O–H groups in total. The summed E-state index contributed by atoms with van der Waals surface area (Å²) >= 11 is 0. The van der Waals surface area contributed by atoms with E-state index >= 15 is 0 Å². The first-order valence-electron chi connectivity index (χ1n) is 20.0. The Morgan fingerprint density at radius 3 is 1.69 bits per heavy atom. The van der Waals surface area contributed by atoms with E-state index in [-0.39, 0.29) is 0 Å². The monoisotopic (exact) mass is 742 g/mol. The number of hydrogen-bond acceptors (Lipinski definition) is 2. The van der Waals surface area contributed by atoms with Crippen LogP contribution in [0.25, 0.3) is 111 Å². The first-order chi connectivity index (χ1) is 28.8. The molecule has 0 aliphatic heterocycles. The molecule has 0 fully saturated rings. The maximum atomic E-state index is 6.44. The van der Waals surface area contributed by atoms with E-state index in [1.165, 1.54) is 49.3 Å². The van der Waals surface area contributed by atoms with Crippen LogP contribution in [0.5, 0.6) is 0 Å². The van der Waals surface area contributed by atoms with Gasteiger partial charge in [-0.3, -0.25) is 4.57 Å². The molecule has 1 aliphatic carbocycles. The summed E-state index contributed by atoms with van der Waals surface area (Å²) in [6.07, 6.45) is 8.74. The van der Waals surface area contributed by atoms with Crippen molar-refractivity contribution >= 4 is 82.5 Å². The third-order valence-corrected chi connectivity index (χ3v) is 12.4. The highest BCUT2D eigenvalue weighted by atomic mass is 16.3. The van der Waals surface area contributed by atoms with Gasteiger partial charge in [-0.05, 0) is 114 Å². The molecular weight excluding hydrogens is 709 g/mol. The van der Waals surface area contributed by atoms with Crippen molar-refractivity contribution in [3.63, 3.8) is 0 Å². The van der Waals surface area contributed by atoms with Crippen molar-refractivity contribution in [2.24, 2.45) is 0 Å². The van der Waals surface area contributed by atoms with E-state index in [9.17, 15) is 0 Å². The molecule has 272 valence electrons. The zero-order valence-electron chi connectivity index (χ0n) is 31.4. The minimum Gasteiger partial charge on any atom is -0.456 e. The van der Waals surface area contributed by atoms with Gasteiger partial charge < -0.3 is 13.6 Å². The molecule has 0 spiro atoms. The zero-order valence-corrected chi connectivity index (χ0v) is 31.4. The van der Waals surface area contributed by atoms with Gasteiger partial charge in [0.05, 0.1) is 39.5 Å². The van der Waals surface area contributed by atoms with Crippen molar-refractivity contribution in [2.45, 2.75) is 12.8 Å². The van der Waals surface area contributed by atoms with Crippen LogP contribution in [0.3, 0.4) is 0 Å². The van der Waals surface area contributed by atoms with Crippen LogP contribution in [0, 0.1) is 0 Å². The van der Waals surface area contributed by atoms with E-state index < -0.39 is 0 Å². The molecule has 0 unspecified atom stereocenters. The summed E-state index contributed by atoms with van der Waals surface area (Å²) in [4.78, 5) is 5.09. The minimum atomic E-state index is 0.893. The first kappa shape index (κ1) is 31.6. The van der Waals surface area contributed by atoms with E-state index in [4.69, 9.17) is 9.40 Å². The van der Waals surface area contributed by atoms with Crippen LogP contribution in [0.1, 0.15) is 17.7 Å². The molecule has 0 saturated heterocycles. The number of allylic oxidation sites excluding steroid dienone is 1. The van der Waals surface area contributed by atoms with E-state index in [1.807, 2.05) is 6.20 Å². The van der Waals surface area contributed by atoms with Gasteiger partial charge in [0.15, 0.2) is 0 Å². The molecule has 5 nitrogen and oxygen atoms in total. The average molecular weight is 743 g/mol. The predicted molar refractivity (Wildman–Crippen MR) is 240 cm³/mol. The Morgan fingerprint density at radius 2 is 0.983 bits per heavy atom. The fourth-order valence-corrected chi connectivity index (χ4v) is 9.79. The SMILES string of the molecule is C1=Cc2c(c3ccccc3n2-c2ccc3oc4ccc(-c5ccc6c(c5)c5ccccc5n6-c5ccc(-n6c7ccccc7c7ccccc76)nc5)cc4c3c2)CC1. The van der Waals surface area contributed by atoms with Gasteiger partial charge in [-0.25, -0.2) is 4.98 Å². The lowest BCUT2D eigenvalue weighted by atomic mass is 10.0. The van der Waals surface area contributed by atoms with E-state index in [1.54, 1.807) is 0 Å². The van der Waals surface area contributed by atoms with Gasteiger partial charge in [-0.2, -0.15) is 0 Å². The van der Waals surface area contributed by atoms with Gasteiger partial charge in [0.1, 0.15) is 17.0 Å². The second-order valence-corrected chi connectivity index (χ2v) is 15.5. The lowest BCUT2D eigenvalue weighted by molar-refractivity contribution is 0.669. The summed E-state index contributed by atoms with van der Waals surface area (Å²) in [6, 6.07) is 59.0. The van der Waals surface area contributed by atoms with Gasteiger partial charge in [0.2, 0.25) is 0 Å². The average Bonchev–Trinajstić information content (AvgIpc) is 4.02. The maximum absolute atomic E-state index is 6.44. The minimum absolute atomic E-state index is 0.893. The predicted octanol–water partition coefficient (Wildman–Crippen LogP) is 13.7. The van der Waals surface area contributed by atoms with Gasteiger partial charge in [-0.15, -0.1) is 0 Å². The van der Waals surface area contributed by atoms with Crippen LogP contribution < -0.4 is 0 Å². The molecule has 5 heterocycles. The highest BCUT2D eigenvalue weighted by Crippen LogP contribution is 2.40. The largest absolute Gasteiger partial charge is 0.456 e. The third kappa shape index (κ3) is 4.44. The summed E-state index contributed by atoms with van der Waals surface area (Å²) in [5.74, 6) is 0.899. The van der Waals surface area contributed by atoms with Crippen molar-refractivity contribution in [1.29, 1.82) is 0 Å². The molecule has 0 radical (unpaired) electrons. The number of para-hydroxylation sites is 4. The number of fused-ring (bicyclic) bond motifs is 12. The molecule has 12 aromatic rings. The molecule has 7 aromatic carbocycles. The standard InChI is InChI=1S/C53H34N4O/c1-6-16-45-37(11-1)38-12-2-7-17-46(38)55(45)35-23-27-52-44(31-35)43-30-34(22-26-51(43)58-52)33-21-25-50-42(29-33)41-15-5-8-18-47(41)56(50)36-24-28-53(54-32-36)57-48-19-9-3-13-39(48)40-14-4-10-20-49(40)57/h1,3-11,13-32H,2,12H2. The van der Waals surface area contributed by atoms with E-state index in [0.29, 0.717) is 0 Å². The second-order valence-electron chi connectivity index (χ2n) is 15.5. The number of furan rings is 1. The Morgan fingerprint density at radius 1 is 0.431 bits per heavy atom. The van der Waals surface area contributed by atoms with E-state index in [2.05, 4.69) is 190 Å². The number of benzene rings is 7. The van der Waals surface area contributed by atoms with Crippen LogP contribution in [-0.2, 0) is 6.42 Å². The summed E-state index contributed by atoms with van der Waals surface area (Å²) in [6.45, 7) is 0. The fourth-order valence-electron chi connectivity index (χ4n) is 9.79. The number of rotatable bonds is 4. The lowest BCUT2D eigenvalue weighted by Crippen LogP contribution is -2.00. The van der Waals surface area contributed by atoms with Gasteiger partial charge >= 0.3 is 0 Å². The molecule has 5 aromatic heterocycles. The number of nitrogens with zero attached hydrogens (tertiary/aromatic N) is 4. The molecule has 0 atom stereocenters. The molecule has 1 aliphatic rings. The van der Waals surface area contributed by atoms with Crippen LogP contribution in [-0.4, -0.2) is 18.7 Å². The highest BCUT2D eigenvalue weighted by Gasteiger charge is 2.20. The Hall–Kier alpha value is -7.63. The summed E-state index contributed by atoms with van der Waals surface area (Å²) in [5, 5.41) is 8.45. The van der Waals surface area contributed by atoms with Gasteiger partial charge in [0, 0.05) is 49.1 Å². The molecule has 58 heavy (non-hydrogen) atoms. The molecular formula is C53H34N4O. The normalized spacial score (nSPS) is 13.0. The summed E-state index contributed by atoms with van der Waals surface area (Å²) in [5.41, 5.74) is 14.8. The fraction of sp³-hybridized carbons (Fsp3) is 0.0377. The van der Waals surface area contributed by atoms with Crippen molar-refractivity contribution < 1.29 is 4.42 Å². The summed E-state index contributed by atoms with van der Waals surface area (Å²) < 4.78 is 13.5. The summed E-state index contributed by atoms with van der Waals surface area (Å²) in [7, 11) is 0. The van der Waals surface area contributed by atoms with Crippen molar-refractivity contribution in [1.82, 2.24) is 18.7 Å². The number of pyridine rings is 1. The van der Waals surface area contributed by atoms with Crippen LogP contribution in [0.2, 0.25) is 0 Å².